The van der Waals surface area contributed by atoms with Gasteiger partial charge in [0.1, 0.15) is 5.58 Å². The molecule has 0 saturated heterocycles. The van der Waals surface area contributed by atoms with Gasteiger partial charge in [0, 0.05) is 10.9 Å². The van der Waals surface area contributed by atoms with Crippen molar-refractivity contribution in [3.05, 3.63) is 82.6 Å². The molecule has 204 valence electrons. The van der Waals surface area contributed by atoms with Gasteiger partial charge in [-0.2, -0.15) is 9.78 Å². The van der Waals surface area contributed by atoms with Crippen molar-refractivity contribution in [3.63, 3.8) is 0 Å². The Morgan fingerprint density at radius 1 is 1.05 bits per heavy atom. The molecule has 0 radical (unpaired) electrons. The number of aromatic nitrogens is 2. The molecular weight excluding hydrogens is 514 g/mol. The highest BCUT2D eigenvalue weighted by Crippen LogP contribution is 2.39. The molecule has 0 amide bonds. The predicted octanol–water partition coefficient (Wildman–Crippen LogP) is 5.04. The Balaban J connectivity index is 1.59. The molecule has 10 heteroatoms. The lowest BCUT2D eigenvalue weighted by Crippen LogP contribution is -2.26. The molecule has 2 heterocycles. The van der Waals surface area contributed by atoms with E-state index in [0.29, 0.717) is 39.3 Å². The molecule has 0 aliphatic rings. The van der Waals surface area contributed by atoms with E-state index in [1.807, 2.05) is 36.4 Å². The fourth-order valence-electron chi connectivity index (χ4n) is 4.18. The molecule has 2 aromatic heterocycles. The summed E-state index contributed by atoms with van der Waals surface area (Å²) in [6.45, 7) is 3.52. The van der Waals surface area contributed by atoms with Crippen LogP contribution in [0.2, 0.25) is 0 Å². The molecule has 0 fully saturated rings. The van der Waals surface area contributed by atoms with Crippen LogP contribution in [-0.2, 0) is 9.53 Å². The second-order valence-electron chi connectivity index (χ2n) is 8.73. The van der Waals surface area contributed by atoms with Crippen LogP contribution in [0.15, 0.2) is 81.0 Å². The van der Waals surface area contributed by atoms with E-state index in [9.17, 15) is 9.59 Å². The molecule has 5 rings (SSSR count). The summed E-state index contributed by atoms with van der Waals surface area (Å²) in [5, 5.41) is 5.78. The number of benzene rings is 3. The maximum absolute atomic E-state index is 13.6. The van der Waals surface area contributed by atoms with Crippen LogP contribution in [0.5, 0.6) is 17.2 Å². The van der Waals surface area contributed by atoms with Gasteiger partial charge in [0.15, 0.2) is 23.4 Å². The average molecular weight is 542 g/mol. The van der Waals surface area contributed by atoms with Gasteiger partial charge in [0.25, 0.3) is 5.56 Å². The van der Waals surface area contributed by atoms with Gasteiger partial charge in [-0.3, -0.25) is 4.79 Å². The van der Waals surface area contributed by atoms with E-state index < -0.39 is 12.1 Å². The molecule has 0 saturated carbocycles. The smallest absolute Gasteiger partial charge is 0.347 e. The summed E-state index contributed by atoms with van der Waals surface area (Å²) in [6, 6.07) is 19.7. The number of carbonyl (C=O) groups excluding carboxylic acids is 1. The third kappa shape index (κ3) is 5.11. The van der Waals surface area contributed by atoms with Crippen molar-refractivity contribution in [2.75, 3.05) is 20.8 Å². The standard InChI is InChI=1S/C30H27N3O7/c1-5-38-30(35)18(2)39-27-24(36-3)14-19(15-25(27)37-4)17-31-33-28(26-16-20-10-6-9-13-23(20)40-26)32-22-12-8-7-11-21(22)29(33)34/h6-18H,5H2,1-4H3/t18-/m1/s1. The van der Waals surface area contributed by atoms with Crippen molar-refractivity contribution in [1.29, 1.82) is 0 Å². The number of rotatable bonds is 9. The molecule has 3 aromatic carbocycles. The molecule has 1 atom stereocenters. The molecule has 0 bridgehead atoms. The van der Waals surface area contributed by atoms with Gasteiger partial charge < -0.3 is 23.4 Å². The van der Waals surface area contributed by atoms with Gasteiger partial charge in [-0.05, 0) is 50.2 Å². The van der Waals surface area contributed by atoms with Gasteiger partial charge >= 0.3 is 5.97 Å². The fraction of sp³-hybridized carbons (Fsp3) is 0.200. The monoisotopic (exact) mass is 541 g/mol. The maximum Gasteiger partial charge on any atom is 0.347 e. The van der Waals surface area contributed by atoms with Crippen molar-refractivity contribution in [3.8, 4) is 28.8 Å². The van der Waals surface area contributed by atoms with Crippen LogP contribution in [0.4, 0.5) is 0 Å². The van der Waals surface area contributed by atoms with Crippen molar-refractivity contribution in [2.45, 2.75) is 20.0 Å². The highest BCUT2D eigenvalue weighted by Gasteiger charge is 2.22. The van der Waals surface area contributed by atoms with E-state index in [4.69, 9.17) is 28.3 Å². The third-order valence-corrected chi connectivity index (χ3v) is 6.12. The summed E-state index contributed by atoms with van der Waals surface area (Å²) in [4.78, 5) is 30.4. The van der Waals surface area contributed by atoms with E-state index >= 15 is 0 Å². The Labute approximate surface area is 229 Å². The van der Waals surface area contributed by atoms with Crippen LogP contribution < -0.4 is 19.8 Å². The highest BCUT2D eigenvalue weighted by atomic mass is 16.6. The van der Waals surface area contributed by atoms with Crippen LogP contribution in [0.3, 0.4) is 0 Å². The van der Waals surface area contributed by atoms with Crippen LogP contribution in [-0.4, -0.2) is 48.8 Å². The SMILES string of the molecule is CCOC(=O)[C@@H](C)Oc1c(OC)cc(C=Nn2c(-c3cc4ccccc4o3)nc3ccccc3c2=O)cc1OC. The van der Waals surface area contributed by atoms with Crippen molar-refractivity contribution in [1.82, 2.24) is 9.66 Å². The number of methoxy groups -OCH3 is 2. The highest BCUT2D eigenvalue weighted by molar-refractivity contribution is 5.85. The molecule has 10 nitrogen and oxygen atoms in total. The number of ether oxygens (including phenoxy) is 4. The summed E-state index contributed by atoms with van der Waals surface area (Å²) < 4.78 is 29.1. The topological polar surface area (TPSA) is 114 Å². The van der Waals surface area contributed by atoms with Gasteiger partial charge in [0.2, 0.25) is 11.6 Å². The largest absolute Gasteiger partial charge is 0.493 e. The molecule has 0 unspecified atom stereocenters. The minimum absolute atomic E-state index is 0.231. The number of para-hydroxylation sites is 2. The van der Waals surface area contributed by atoms with Gasteiger partial charge in [-0.15, -0.1) is 0 Å². The van der Waals surface area contributed by atoms with E-state index in [1.165, 1.54) is 25.1 Å². The summed E-state index contributed by atoms with van der Waals surface area (Å²) >= 11 is 0. The summed E-state index contributed by atoms with van der Waals surface area (Å²) in [5.41, 5.74) is 1.37. The number of carbonyl (C=O) groups is 1. The normalized spacial score (nSPS) is 12.1. The lowest BCUT2D eigenvalue weighted by atomic mass is 10.2. The summed E-state index contributed by atoms with van der Waals surface area (Å²) in [7, 11) is 2.93. The molecule has 0 aliphatic carbocycles. The summed E-state index contributed by atoms with van der Waals surface area (Å²) in [6.07, 6.45) is 0.587. The van der Waals surface area contributed by atoms with E-state index in [0.717, 1.165) is 5.39 Å². The van der Waals surface area contributed by atoms with E-state index in [2.05, 4.69) is 5.10 Å². The van der Waals surface area contributed by atoms with E-state index in [-0.39, 0.29) is 23.7 Å². The van der Waals surface area contributed by atoms with Gasteiger partial charge in [-0.1, -0.05) is 30.3 Å². The number of fused-ring (bicyclic) bond motifs is 2. The Kier molecular flexibility index (Phi) is 7.50. The fourth-order valence-corrected chi connectivity index (χ4v) is 4.18. The Morgan fingerprint density at radius 2 is 1.75 bits per heavy atom. The third-order valence-electron chi connectivity index (χ3n) is 6.12. The molecule has 5 aromatic rings. The van der Waals surface area contributed by atoms with E-state index in [1.54, 1.807) is 44.2 Å². The second-order valence-corrected chi connectivity index (χ2v) is 8.73. The average Bonchev–Trinajstić information content (AvgIpc) is 3.41. The molecular formula is C30H27N3O7. The molecule has 0 spiro atoms. The van der Waals surface area contributed by atoms with Crippen LogP contribution in [0, 0.1) is 0 Å². The first kappa shape index (κ1) is 26.5. The number of esters is 1. The zero-order valence-electron chi connectivity index (χ0n) is 22.4. The second kappa shape index (κ2) is 11.3. The first-order valence-corrected chi connectivity index (χ1v) is 12.6. The van der Waals surface area contributed by atoms with Crippen LogP contribution in [0.1, 0.15) is 19.4 Å². The Morgan fingerprint density at radius 3 is 2.45 bits per heavy atom. The molecule has 0 aliphatic heterocycles. The van der Waals surface area contributed by atoms with Gasteiger partial charge in [0.05, 0.1) is 37.9 Å². The zero-order valence-corrected chi connectivity index (χ0v) is 22.4. The maximum atomic E-state index is 13.6. The van der Waals surface area contributed by atoms with Crippen molar-refractivity contribution in [2.24, 2.45) is 5.10 Å². The lowest BCUT2D eigenvalue weighted by molar-refractivity contribution is -0.150. The Bertz CT molecular complexity index is 1730. The predicted molar refractivity (Wildman–Crippen MR) is 150 cm³/mol. The molecule has 0 N–H and O–H groups in total. The minimum Gasteiger partial charge on any atom is -0.493 e. The summed E-state index contributed by atoms with van der Waals surface area (Å²) in [5.74, 6) is 0.969. The number of hydrogen-bond donors (Lipinski definition) is 0. The zero-order chi connectivity index (χ0) is 28.2. The number of nitrogens with zero attached hydrogens (tertiary/aromatic N) is 3. The minimum atomic E-state index is -0.893. The van der Waals surface area contributed by atoms with Crippen molar-refractivity contribution >= 4 is 34.1 Å². The van der Waals surface area contributed by atoms with Crippen LogP contribution >= 0.6 is 0 Å². The van der Waals surface area contributed by atoms with Crippen LogP contribution in [0.25, 0.3) is 33.5 Å². The quantitative estimate of drug-likeness (QED) is 0.188. The van der Waals surface area contributed by atoms with Gasteiger partial charge in [-0.25, -0.2) is 9.78 Å². The first-order valence-electron chi connectivity index (χ1n) is 12.6. The van der Waals surface area contributed by atoms with Crippen molar-refractivity contribution < 1.29 is 28.2 Å². The lowest BCUT2D eigenvalue weighted by Gasteiger charge is -2.18. The Hall–Kier alpha value is -5.12. The number of hydrogen-bond acceptors (Lipinski definition) is 9. The molecule has 40 heavy (non-hydrogen) atoms. The first-order chi connectivity index (χ1) is 19.4. The number of furan rings is 1.